The molecule has 5 atom stereocenters. The molecule has 0 saturated carbocycles. The Kier molecular flexibility index (Phi) is 3.60. The summed E-state index contributed by atoms with van der Waals surface area (Å²) in [5.41, 5.74) is 0. The van der Waals surface area contributed by atoms with Crippen molar-refractivity contribution in [1.29, 1.82) is 0 Å². The van der Waals surface area contributed by atoms with E-state index in [0.29, 0.717) is 0 Å². The van der Waals surface area contributed by atoms with Crippen molar-refractivity contribution in [2.45, 2.75) is 24.6 Å². The first-order chi connectivity index (χ1) is 6.07. The average Bonchev–Trinajstić information content (AvgIpc) is 2.22. The first-order valence-electron chi connectivity index (χ1n) is 4.02. The molecule has 0 aromatic heterocycles. The Hall–Kier alpha value is -0.240. The monoisotopic (exact) mass is 194 g/mol. The third kappa shape index (κ3) is 2.16. The van der Waals surface area contributed by atoms with Crippen LogP contribution in [0.5, 0.6) is 0 Å². The smallest absolute Gasteiger partial charge is 0.183 e. The maximum absolute atomic E-state index is 9.34. The van der Waals surface area contributed by atoms with Crippen LogP contribution >= 0.6 is 0 Å². The van der Waals surface area contributed by atoms with E-state index in [2.05, 4.69) is 4.74 Å². The van der Waals surface area contributed by atoms with Crippen molar-refractivity contribution in [1.82, 2.24) is 0 Å². The molecule has 0 aliphatic carbocycles. The summed E-state index contributed by atoms with van der Waals surface area (Å²) in [5.74, 6) is -0.693. The van der Waals surface area contributed by atoms with Crippen LogP contribution in [0.3, 0.4) is 0 Å². The molecular formula is C7H14O6. The van der Waals surface area contributed by atoms with Crippen molar-refractivity contribution < 1.29 is 30.3 Å². The maximum Gasteiger partial charge on any atom is 0.183 e. The lowest BCUT2D eigenvalue weighted by atomic mass is 9.97. The normalized spacial score (nSPS) is 47.3. The van der Waals surface area contributed by atoms with Gasteiger partial charge in [-0.05, 0) is 0 Å². The van der Waals surface area contributed by atoms with Crippen molar-refractivity contribution in [3.8, 4) is 0 Å². The van der Waals surface area contributed by atoms with Gasteiger partial charge in [-0.1, -0.05) is 0 Å². The molecule has 1 aliphatic rings. The highest BCUT2D eigenvalue weighted by Crippen LogP contribution is 2.18. The van der Waals surface area contributed by atoms with Crippen LogP contribution in [0.1, 0.15) is 0 Å². The van der Waals surface area contributed by atoms with Crippen molar-refractivity contribution in [3.05, 3.63) is 0 Å². The fourth-order valence-corrected chi connectivity index (χ4v) is 1.23. The van der Waals surface area contributed by atoms with Crippen LogP contribution in [-0.2, 0) is 4.74 Å². The number of ether oxygens (including phenoxy) is 1. The van der Waals surface area contributed by atoms with Gasteiger partial charge in [0.25, 0.3) is 0 Å². The standard InChI is InChI=1S/C7H14O6/c8-1-3-2-13-7(12)6(11)5(10)4(3)9/h3-12H,1-2H2/t3-,4+,5-,6+,7+/m0/s1. The van der Waals surface area contributed by atoms with E-state index in [-0.39, 0.29) is 13.2 Å². The summed E-state index contributed by atoms with van der Waals surface area (Å²) in [6.07, 6.45) is -5.88. The van der Waals surface area contributed by atoms with E-state index in [1.165, 1.54) is 0 Å². The third-order valence-electron chi connectivity index (χ3n) is 2.19. The molecule has 0 unspecified atom stereocenters. The van der Waals surface area contributed by atoms with Gasteiger partial charge in [0.1, 0.15) is 12.2 Å². The van der Waals surface area contributed by atoms with Gasteiger partial charge in [0.15, 0.2) is 6.29 Å². The second-order valence-corrected chi connectivity index (χ2v) is 3.14. The number of aliphatic hydroxyl groups excluding tert-OH is 5. The quantitative estimate of drug-likeness (QED) is 0.305. The highest BCUT2D eigenvalue weighted by Gasteiger charge is 2.38. The zero-order valence-electron chi connectivity index (χ0n) is 6.95. The first kappa shape index (κ1) is 10.8. The largest absolute Gasteiger partial charge is 0.396 e. The van der Waals surface area contributed by atoms with E-state index in [1.54, 1.807) is 0 Å². The van der Waals surface area contributed by atoms with E-state index in [0.717, 1.165) is 0 Å². The zero-order valence-corrected chi connectivity index (χ0v) is 6.95. The first-order valence-corrected chi connectivity index (χ1v) is 4.02. The minimum absolute atomic E-state index is 0.104. The van der Waals surface area contributed by atoms with Gasteiger partial charge in [0.2, 0.25) is 0 Å². The lowest BCUT2D eigenvalue weighted by Crippen LogP contribution is -2.45. The average molecular weight is 194 g/mol. The molecule has 1 aliphatic heterocycles. The van der Waals surface area contributed by atoms with E-state index in [9.17, 15) is 10.2 Å². The number of hydrogen-bond donors (Lipinski definition) is 5. The second-order valence-electron chi connectivity index (χ2n) is 3.14. The molecule has 6 heteroatoms. The number of rotatable bonds is 1. The Bertz CT molecular complexity index is 161. The summed E-state index contributed by atoms with van der Waals surface area (Å²) in [4.78, 5) is 0. The Morgan fingerprint density at radius 1 is 1.00 bits per heavy atom. The lowest BCUT2D eigenvalue weighted by Gasteiger charge is -2.23. The van der Waals surface area contributed by atoms with Crippen LogP contribution in [0, 0.1) is 5.92 Å². The van der Waals surface area contributed by atoms with Crippen LogP contribution in [-0.4, -0.2) is 63.3 Å². The van der Waals surface area contributed by atoms with Crippen LogP contribution in [0.2, 0.25) is 0 Å². The van der Waals surface area contributed by atoms with Gasteiger partial charge >= 0.3 is 0 Å². The van der Waals surface area contributed by atoms with Gasteiger partial charge in [-0.15, -0.1) is 0 Å². The van der Waals surface area contributed by atoms with Crippen LogP contribution in [0.4, 0.5) is 0 Å². The third-order valence-corrected chi connectivity index (χ3v) is 2.19. The number of hydrogen-bond acceptors (Lipinski definition) is 6. The van der Waals surface area contributed by atoms with Crippen molar-refractivity contribution >= 4 is 0 Å². The topological polar surface area (TPSA) is 110 Å². The summed E-state index contributed by atoms with van der Waals surface area (Å²) in [6.45, 7) is -0.482. The van der Waals surface area contributed by atoms with E-state index < -0.39 is 30.5 Å². The van der Waals surface area contributed by atoms with E-state index in [4.69, 9.17) is 15.3 Å². The Labute approximate surface area is 75.0 Å². The van der Waals surface area contributed by atoms with Gasteiger partial charge in [-0.2, -0.15) is 0 Å². The summed E-state index contributed by atoms with van der Waals surface area (Å²) in [7, 11) is 0. The van der Waals surface area contributed by atoms with Crippen molar-refractivity contribution in [3.63, 3.8) is 0 Å². The van der Waals surface area contributed by atoms with Gasteiger partial charge in [-0.3, -0.25) is 0 Å². The summed E-state index contributed by atoms with van der Waals surface area (Å²) in [5, 5.41) is 45.5. The summed E-state index contributed by atoms with van der Waals surface area (Å²) >= 11 is 0. The predicted octanol–water partition coefficient (Wildman–Crippen LogP) is -2.97. The van der Waals surface area contributed by atoms with Crippen LogP contribution in [0.15, 0.2) is 0 Å². The SMILES string of the molecule is OC[C@H]1CO[C@@H](O)[C@H](O)[C@@H](O)[C@@H]1O. The molecular weight excluding hydrogens is 180 g/mol. The predicted molar refractivity (Wildman–Crippen MR) is 40.6 cm³/mol. The van der Waals surface area contributed by atoms with Gasteiger partial charge in [0.05, 0.1) is 19.3 Å². The van der Waals surface area contributed by atoms with Crippen molar-refractivity contribution in [2.75, 3.05) is 13.2 Å². The summed E-state index contributed by atoms with van der Waals surface area (Å²) in [6, 6.07) is 0. The minimum Gasteiger partial charge on any atom is -0.396 e. The molecule has 0 bridgehead atoms. The summed E-state index contributed by atoms with van der Waals surface area (Å²) < 4.78 is 4.68. The highest BCUT2D eigenvalue weighted by molar-refractivity contribution is 4.85. The molecule has 0 aromatic carbocycles. The number of aliphatic hydroxyl groups is 5. The molecule has 0 aromatic rings. The molecule has 5 N–H and O–H groups in total. The fraction of sp³-hybridized carbons (Fsp3) is 1.00. The van der Waals surface area contributed by atoms with Gasteiger partial charge in [-0.25, -0.2) is 0 Å². The molecule has 1 fully saturated rings. The Morgan fingerprint density at radius 3 is 2.15 bits per heavy atom. The molecule has 1 heterocycles. The molecule has 6 nitrogen and oxygen atoms in total. The highest BCUT2D eigenvalue weighted by atomic mass is 16.6. The fourth-order valence-electron chi connectivity index (χ4n) is 1.23. The maximum atomic E-state index is 9.34. The van der Waals surface area contributed by atoms with Crippen molar-refractivity contribution in [2.24, 2.45) is 5.92 Å². The van der Waals surface area contributed by atoms with E-state index in [1.807, 2.05) is 0 Å². The lowest BCUT2D eigenvalue weighted by molar-refractivity contribution is -0.180. The Balaban J connectivity index is 2.69. The molecule has 78 valence electrons. The molecule has 0 amide bonds. The molecule has 1 rings (SSSR count). The van der Waals surface area contributed by atoms with E-state index >= 15 is 0 Å². The molecule has 0 radical (unpaired) electrons. The minimum atomic E-state index is -1.55. The molecule has 1 saturated heterocycles. The molecule has 13 heavy (non-hydrogen) atoms. The Morgan fingerprint density at radius 2 is 1.62 bits per heavy atom. The van der Waals surface area contributed by atoms with Crippen LogP contribution < -0.4 is 0 Å². The van der Waals surface area contributed by atoms with Gasteiger partial charge in [0, 0.05) is 5.92 Å². The van der Waals surface area contributed by atoms with Crippen LogP contribution in [0.25, 0.3) is 0 Å². The second kappa shape index (κ2) is 4.32. The zero-order chi connectivity index (χ0) is 10.0. The van der Waals surface area contributed by atoms with Gasteiger partial charge < -0.3 is 30.3 Å². The molecule has 0 spiro atoms.